The fourth-order valence-corrected chi connectivity index (χ4v) is 1.89. The average Bonchev–Trinajstić information content (AvgIpc) is 2.74. The highest BCUT2D eigenvalue weighted by atomic mass is 16.4. The molecule has 4 nitrogen and oxygen atoms in total. The van der Waals surface area contributed by atoms with E-state index in [9.17, 15) is 4.79 Å². The number of rotatable bonds is 3. The van der Waals surface area contributed by atoms with Crippen LogP contribution in [-0.4, -0.2) is 21.3 Å². The van der Waals surface area contributed by atoms with E-state index in [0.29, 0.717) is 0 Å². The van der Waals surface area contributed by atoms with Crippen molar-refractivity contribution in [3.8, 4) is 11.3 Å². The largest absolute Gasteiger partial charge is 0.477 e. The van der Waals surface area contributed by atoms with Crippen LogP contribution in [-0.2, 0) is 0 Å². The van der Waals surface area contributed by atoms with Crippen LogP contribution in [0.5, 0.6) is 0 Å². The number of nitrogens with one attached hydrogen (secondary N) is 1. The molecular formula is C13H14N2O2. The summed E-state index contributed by atoms with van der Waals surface area (Å²) in [6.45, 7) is 3.92. The molecule has 0 radical (unpaired) electrons. The zero-order valence-corrected chi connectivity index (χ0v) is 9.77. The Morgan fingerprint density at radius 1 is 1.29 bits per heavy atom. The third-order valence-corrected chi connectivity index (χ3v) is 2.64. The molecule has 2 N–H and O–H groups in total. The number of carboxylic acids is 1. The highest BCUT2D eigenvalue weighted by Crippen LogP contribution is 2.29. The van der Waals surface area contributed by atoms with Gasteiger partial charge in [0.05, 0.1) is 5.69 Å². The number of carbonyl (C=O) groups is 1. The zero-order valence-electron chi connectivity index (χ0n) is 9.77. The van der Waals surface area contributed by atoms with Crippen LogP contribution in [0.4, 0.5) is 0 Å². The number of nitrogens with zero attached hydrogens (tertiary/aromatic N) is 1. The molecule has 1 aromatic heterocycles. The summed E-state index contributed by atoms with van der Waals surface area (Å²) in [7, 11) is 0. The van der Waals surface area contributed by atoms with Crippen molar-refractivity contribution >= 4 is 5.97 Å². The lowest BCUT2D eigenvalue weighted by Crippen LogP contribution is -2.03. The monoisotopic (exact) mass is 230 g/mol. The quantitative estimate of drug-likeness (QED) is 0.852. The molecule has 0 aliphatic heterocycles. The number of benzene rings is 1. The lowest BCUT2D eigenvalue weighted by atomic mass is 9.96. The fraction of sp³-hybridized carbons (Fsp3) is 0.231. The van der Waals surface area contributed by atoms with Gasteiger partial charge in [0.1, 0.15) is 5.69 Å². The molecule has 0 saturated carbocycles. The van der Waals surface area contributed by atoms with E-state index in [-0.39, 0.29) is 11.6 Å². The summed E-state index contributed by atoms with van der Waals surface area (Å²) in [4.78, 5) is 11.1. The minimum absolute atomic E-state index is 0.107. The minimum Gasteiger partial charge on any atom is -0.477 e. The molecule has 2 aromatic rings. The van der Waals surface area contributed by atoms with E-state index in [1.54, 1.807) is 0 Å². The maximum absolute atomic E-state index is 11.1. The molecule has 0 spiro atoms. The van der Waals surface area contributed by atoms with E-state index in [0.717, 1.165) is 16.8 Å². The molecule has 0 aliphatic rings. The predicted octanol–water partition coefficient (Wildman–Crippen LogP) is 2.90. The van der Waals surface area contributed by atoms with Crippen LogP contribution in [0.15, 0.2) is 30.3 Å². The first kappa shape index (κ1) is 11.4. The van der Waals surface area contributed by atoms with Gasteiger partial charge in [-0.05, 0) is 5.92 Å². The number of H-pyrrole nitrogens is 1. The van der Waals surface area contributed by atoms with Gasteiger partial charge in [-0.25, -0.2) is 4.79 Å². The number of aromatic carboxylic acids is 1. The molecule has 0 aliphatic carbocycles. The summed E-state index contributed by atoms with van der Waals surface area (Å²) in [6, 6.07) is 9.59. The molecule has 0 atom stereocenters. The fourth-order valence-electron chi connectivity index (χ4n) is 1.89. The molecule has 0 fully saturated rings. The highest BCUT2D eigenvalue weighted by molar-refractivity contribution is 5.89. The van der Waals surface area contributed by atoms with Gasteiger partial charge in [0.15, 0.2) is 0 Å². The van der Waals surface area contributed by atoms with Crippen molar-refractivity contribution in [1.82, 2.24) is 10.2 Å². The van der Waals surface area contributed by atoms with Crippen LogP contribution >= 0.6 is 0 Å². The van der Waals surface area contributed by atoms with Crippen LogP contribution in [0, 0.1) is 0 Å². The molecule has 4 heteroatoms. The molecule has 1 heterocycles. The van der Waals surface area contributed by atoms with Crippen LogP contribution in [0.3, 0.4) is 0 Å². The Balaban J connectivity index is 2.60. The topological polar surface area (TPSA) is 66.0 Å². The number of hydrogen-bond donors (Lipinski definition) is 2. The molecule has 0 amide bonds. The zero-order chi connectivity index (χ0) is 12.4. The van der Waals surface area contributed by atoms with Gasteiger partial charge < -0.3 is 5.11 Å². The van der Waals surface area contributed by atoms with E-state index in [1.807, 2.05) is 44.2 Å². The van der Waals surface area contributed by atoms with Crippen LogP contribution in [0.2, 0.25) is 0 Å². The summed E-state index contributed by atoms with van der Waals surface area (Å²) < 4.78 is 0. The van der Waals surface area contributed by atoms with Crippen LogP contribution < -0.4 is 0 Å². The van der Waals surface area contributed by atoms with Gasteiger partial charge in [-0.2, -0.15) is 5.10 Å². The van der Waals surface area contributed by atoms with Crippen molar-refractivity contribution < 1.29 is 9.90 Å². The maximum Gasteiger partial charge on any atom is 0.354 e. The van der Waals surface area contributed by atoms with E-state index < -0.39 is 5.97 Å². The molecule has 0 saturated heterocycles. The Morgan fingerprint density at radius 3 is 2.47 bits per heavy atom. The van der Waals surface area contributed by atoms with E-state index >= 15 is 0 Å². The van der Waals surface area contributed by atoms with Crippen molar-refractivity contribution in [3.05, 3.63) is 41.6 Å². The lowest BCUT2D eigenvalue weighted by molar-refractivity contribution is 0.0689. The number of aromatic amines is 1. The van der Waals surface area contributed by atoms with Gasteiger partial charge in [0, 0.05) is 11.1 Å². The van der Waals surface area contributed by atoms with E-state index in [1.165, 1.54) is 0 Å². The normalized spacial score (nSPS) is 10.8. The first-order chi connectivity index (χ1) is 8.11. The standard InChI is InChI=1S/C13H14N2O2/c1-8(2)10-11(9-6-4-3-5-7-9)14-15-12(10)13(16)17/h3-8H,1-2H3,(H,14,15)(H,16,17). The molecule has 88 valence electrons. The summed E-state index contributed by atoms with van der Waals surface area (Å²) in [5.74, 6) is -0.863. The van der Waals surface area contributed by atoms with Gasteiger partial charge in [-0.3, -0.25) is 5.10 Å². The van der Waals surface area contributed by atoms with Crippen molar-refractivity contribution in [3.63, 3.8) is 0 Å². The van der Waals surface area contributed by atoms with Gasteiger partial charge in [-0.15, -0.1) is 0 Å². The number of hydrogen-bond acceptors (Lipinski definition) is 2. The second-order valence-corrected chi connectivity index (χ2v) is 4.19. The highest BCUT2D eigenvalue weighted by Gasteiger charge is 2.21. The van der Waals surface area contributed by atoms with Gasteiger partial charge in [0.25, 0.3) is 0 Å². The van der Waals surface area contributed by atoms with E-state index in [4.69, 9.17) is 5.11 Å². The van der Waals surface area contributed by atoms with Crippen molar-refractivity contribution in [2.24, 2.45) is 0 Å². The molecule has 17 heavy (non-hydrogen) atoms. The number of carboxylic acid groups (broad SMARTS) is 1. The lowest BCUT2D eigenvalue weighted by Gasteiger charge is -2.07. The second-order valence-electron chi connectivity index (χ2n) is 4.19. The molecular weight excluding hydrogens is 216 g/mol. The SMILES string of the molecule is CC(C)c1c(-c2ccccc2)n[nH]c1C(=O)O. The molecule has 1 aromatic carbocycles. The summed E-state index contributed by atoms with van der Waals surface area (Å²) in [5.41, 5.74) is 2.58. The number of aromatic nitrogens is 2. The van der Waals surface area contributed by atoms with Crippen LogP contribution in [0.25, 0.3) is 11.3 Å². The molecule has 0 unspecified atom stereocenters. The maximum atomic E-state index is 11.1. The van der Waals surface area contributed by atoms with Gasteiger partial charge in [0.2, 0.25) is 0 Å². The average molecular weight is 230 g/mol. The Kier molecular flexibility index (Phi) is 2.95. The van der Waals surface area contributed by atoms with Crippen LogP contribution in [0.1, 0.15) is 35.8 Å². The van der Waals surface area contributed by atoms with Crippen molar-refractivity contribution in [2.45, 2.75) is 19.8 Å². The minimum atomic E-state index is -0.969. The Bertz CT molecular complexity index is 530. The Labute approximate surface area is 99.3 Å². The second kappa shape index (κ2) is 4.41. The first-order valence-electron chi connectivity index (χ1n) is 5.48. The smallest absolute Gasteiger partial charge is 0.354 e. The summed E-state index contributed by atoms with van der Waals surface area (Å²) in [5, 5.41) is 15.8. The summed E-state index contributed by atoms with van der Waals surface area (Å²) in [6.07, 6.45) is 0. The summed E-state index contributed by atoms with van der Waals surface area (Å²) >= 11 is 0. The molecule has 0 bridgehead atoms. The van der Waals surface area contributed by atoms with E-state index in [2.05, 4.69) is 10.2 Å². The van der Waals surface area contributed by atoms with Gasteiger partial charge >= 0.3 is 5.97 Å². The Hall–Kier alpha value is -2.10. The van der Waals surface area contributed by atoms with Gasteiger partial charge in [-0.1, -0.05) is 44.2 Å². The van der Waals surface area contributed by atoms with Crippen molar-refractivity contribution in [2.75, 3.05) is 0 Å². The first-order valence-corrected chi connectivity index (χ1v) is 5.48. The third-order valence-electron chi connectivity index (χ3n) is 2.64. The molecule has 2 rings (SSSR count). The Morgan fingerprint density at radius 2 is 1.94 bits per heavy atom. The van der Waals surface area contributed by atoms with Crippen molar-refractivity contribution in [1.29, 1.82) is 0 Å². The predicted molar refractivity (Wildman–Crippen MR) is 65.1 cm³/mol. The third kappa shape index (κ3) is 2.06.